The summed E-state index contributed by atoms with van der Waals surface area (Å²) in [5.74, 6) is -0.728. The van der Waals surface area contributed by atoms with Crippen molar-refractivity contribution in [1.82, 2.24) is 20.5 Å². The molecule has 0 aliphatic carbocycles. The molecule has 0 unspecified atom stereocenters. The third-order valence-electron chi connectivity index (χ3n) is 5.36. The predicted octanol–water partition coefficient (Wildman–Crippen LogP) is 3.37. The van der Waals surface area contributed by atoms with Gasteiger partial charge in [-0.1, -0.05) is 18.2 Å². The van der Waals surface area contributed by atoms with Crippen molar-refractivity contribution in [2.24, 2.45) is 5.92 Å². The molecule has 160 valence electrons. The lowest BCUT2D eigenvalue weighted by molar-refractivity contribution is -0.126. The van der Waals surface area contributed by atoms with Gasteiger partial charge in [0.2, 0.25) is 5.91 Å². The minimum Gasteiger partial charge on any atom is -0.352 e. The molecule has 1 aliphatic rings. The maximum Gasteiger partial charge on any atom is 0.317 e. The van der Waals surface area contributed by atoms with Crippen LogP contribution in [0.1, 0.15) is 42.9 Å². The second kappa shape index (κ2) is 9.69. The Bertz CT molecular complexity index is 888. The van der Waals surface area contributed by atoms with Gasteiger partial charge in [-0.2, -0.15) is 0 Å². The van der Waals surface area contributed by atoms with Gasteiger partial charge in [-0.15, -0.1) is 0 Å². The number of rotatable bonds is 5. The first-order valence-corrected chi connectivity index (χ1v) is 10.3. The van der Waals surface area contributed by atoms with Crippen LogP contribution in [0.25, 0.3) is 0 Å². The van der Waals surface area contributed by atoms with E-state index >= 15 is 0 Å². The fourth-order valence-corrected chi connectivity index (χ4v) is 3.79. The lowest BCUT2D eigenvalue weighted by atomic mass is 9.83. The van der Waals surface area contributed by atoms with Gasteiger partial charge in [0.1, 0.15) is 5.82 Å². The number of urea groups is 1. The zero-order valence-corrected chi connectivity index (χ0v) is 17.7. The smallest absolute Gasteiger partial charge is 0.317 e. The number of carbonyl (C=O) groups excluding carboxylic acids is 2. The maximum absolute atomic E-state index is 13.7. The second-order valence-electron chi connectivity index (χ2n) is 8.23. The first-order chi connectivity index (χ1) is 14.3. The van der Waals surface area contributed by atoms with Crippen LogP contribution in [0, 0.1) is 18.7 Å². The van der Waals surface area contributed by atoms with Gasteiger partial charge in [0, 0.05) is 44.0 Å². The van der Waals surface area contributed by atoms with Gasteiger partial charge < -0.3 is 15.5 Å². The van der Waals surface area contributed by atoms with Crippen molar-refractivity contribution in [3.05, 3.63) is 65.2 Å². The normalized spacial score (nSPS) is 18.9. The highest BCUT2D eigenvalue weighted by atomic mass is 19.1. The standard InChI is InChI=1S/C23H29FN4O2/c1-15(2)27-23(30)28-13-19(18-6-7-21(24)16(3)9-18)10-20(14-28)22(29)26-12-17-5-4-8-25-11-17/h4-9,11,15,19-20H,10,12-14H2,1-3H3,(H,26,29)(H,27,30)/t19-,20-/m1/s1. The van der Waals surface area contributed by atoms with E-state index in [4.69, 9.17) is 0 Å². The van der Waals surface area contributed by atoms with Gasteiger partial charge in [-0.25, -0.2) is 9.18 Å². The SMILES string of the molecule is Cc1cc([C@@H]2C[C@@H](C(=O)NCc3cccnc3)CN(C(=O)NC(C)C)C2)ccc1F. The summed E-state index contributed by atoms with van der Waals surface area (Å²) < 4.78 is 13.7. The molecule has 2 aromatic rings. The van der Waals surface area contributed by atoms with E-state index in [2.05, 4.69) is 15.6 Å². The van der Waals surface area contributed by atoms with Crippen molar-refractivity contribution in [3.8, 4) is 0 Å². The average molecular weight is 413 g/mol. The number of carbonyl (C=O) groups is 2. The van der Waals surface area contributed by atoms with E-state index in [1.807, 2.05) is 32.0 Å². The zero-order chi connectivity index (χ0) is 21.7. The van der Waals surface area contributed by atoms with Gasteiger partial charge in [-0.3, -0.25) is 9.78 Å². The number of nitrogens with zero attached hydrogens (tertiary/aromatic N) is 2. The molecule has 0 bridgehead atoms. The number of amides is 3. The molecule has 1 aromatic heterocycles. The predicted molar refractivity (Wildman–Crippen MR) is 113 cm³/mol. The van der Waals surface area contributed by atoms with E-state index in [9.17, 15) is 14.0 Å². The van der Waals surface area contributed by atoms with Gasteiger partial charge in [0.05, 0.1) is 5.92 Å². The Balaban J connectivity index is 1.75. The van der Waals surface area contributed by atoms with Crippen LogP contribution in [0.3, 0.4) is 0 Å². The van der Waals surface area contributed by atoms with Crippen LogP contribution in [0.15, 0.2) is 42.7 Å². The van der Waals surface area contributed by atoms with E-state index < -0.39 is 0 Å². The Kier molecular flexibility index (Phi) is 7.03. The van der Waals surface area contributed by atoms with Crippen LogP contribution < -0.4 is 10.6 Å². The lowest BCUT2D eigenvalue weighted by Gasteiger charge is -2.38. The molecule has 1 saturated heterocycles. The highest BCUT2D eigenvalue weighted by Gasteiger charge is 2.34. The van der Waals surface area contributed by atoms with Crippen molar-refractivity contribution >= 4 is 11.9 Å². The van der Waals surface area contributed by atoms with Crippen LogP contribution in [0.2, 0.25) is 0 Å². The van der Waals surface area contributed by atoms with Gasteiger partial charge in [0.25, 0.3) is 0 Å². The first kappa shape index (κ1) is 21.7. The number of piperidine rings is 1. The van der Waals surface area contributed by atoms with Gasteiger partial charge in [-0.05, 0) is 56.0 Å². The summed E-state index contributed by atoms with van der Waals surface area (Å²) >= 11 is 0. The second-order valence-corrected chi connectivity index (χ2v) is 8.23. The van der Waals surface area contributed by atoms with Crippen molar-refractivity contribution in [1.29, 1.82) is 0 Å². The van der Waals surface area contributed by atoms with Gasteiger partial charge >= 0.3 is 6.03 Å². The molecule has 2 heterocycles. The van der Waals surface area contributed by atoms with Crippen molar-refractivity contribution < 1.29 is 14.0 Å². The molecule has 30 heavy (non-hydrogen) atoms. The molecule has 6 nitrogen and oxygen atoms in total. The van der Waals surface area contributed by atoms with E-state index in [1.54, 1.807) is 30.3 Å². The quantitative estimate of drug-likeness (QED) is 0.791. The molecule has 1 aromatic carbocycles. The summed E-state index contributed by atoms with van der Waals surface area (Å²) in [6, 6.07) is 8.57. The maximum atomic E-state index is 13.7. The molecular weight excluding hydrogens is 383 g/mol. The molecule has 1 fully saturated rings. The number of halogens is 1. The highest BCUT2D eigenvalue weighted by molar-refractivity contribution is 5.81. The monoisotopic (exact) mass is 412 g/mol. The fraction of sp³-hybridized carbons (Fsp3) is 0.435. The van der Waals surface area contributed by atoms with Crippen molar-refractivity contribution in [3.63, 3.8) is 0 Å². The molecule has 3 amide bonds. The summed E-state index contributed by atoms with van der Waals surface area (Å²) in [5, 5.41) is 5.87. The number of nitrogens with one attached hydrogen (secondary N) is 2. The molecule has 3 rings (SSSR count). The molecule has 0 saturated carbocycles. The number of aryl methyl sites for hydroxylation is 1. The minimum absolute atomic E-state index is 0.00352. The van der Waals surface area contributed by atoms with Crippen molar-refractivity contribution in [2.75, 3.05) is 13.1 Å². The van der Waals surface area contributed by atoms with Crippen LogP contribution in [-0.4, -0.2) is 41.0 Å². The lowest BCUT2D eigenvalue weighted by Crippen LogP contribution is -2.52. The van der Waals surface area contributed by atoms with Crippen LogP contribution in [-0.2, 0) is 11.3 Å². The third-order valence-corrected chi connectivity index (χ3v) is 5.36. The summed E-state index contributed by atoms with van der Waals surface area (Å²) in [7, 11) is 0. The molecule has 1 aliphatic heterocycles. The molecule has 7 heteroatoms. The van der Waals surface area contributed by atoms with Crippen LogP contribution in [0.5, 0.6) is 0 Å². The number of aromatic nitrogens is 1. The highest BCUT2D eigenvalue weighted by Crippen LogP contribution is 2.31. The Labute approximate surface area is 176 Å². The molecular formula is C23H29FN4O2. The summed E-state index contributed by atoms with van der Waals surface area (Å²) in [6.45, 7) is 6.77. The van der Waals surface area contributed by atoms with Crippen LogP contribution in [0.4, 0.5) is 9.18 Å². The zero-order valence-electron chi connectivity index (χ0n) is 17.7. The Hall–Kier alpha value is -2.96. The molecule has 2 atom stereocenters. The Morgan fingerprint density at radius 2 is 2.07 bits per heavy atom. The fourth-order valence-electron chi connectivity index (χ4n) is 3.79. The van der Waals surface area contributed by atoms with E-state index in [1.165, 1.54) is 6.07 Å². The average Bonchev–Trinajstić information content (AvgIpc) is 2.74. The summed E-state index contributed by atoms with van der Waals surface area (Å²) in [6.07, 6.45) is 4.01. The Morgan fingerprint density at radius 3 is 2.73 bits per heavy atom. The van der Waals surface area contributed by atoms with Crippen LogP contribution >= 0.6 is 0 Å². The molecule has 2 N–H and O–H groups in total. The number of hydrogen-bond donors (Lipinski definition) is 2. The number of likely N-dealkylation sites (tertiary alicyclic amines) is 1. The molecule has 0 radical (unpaired) electrons. The summed E-state index contributed by atoms with van der Waals surface area (Å²) in [4.78, 5) is 31.3. The molecule has 0 spiro atoms. The largest absolute Gasteiger partial charge is 0.352 e. The Morgan fingerprint density at radius 1 is 1.27 bits per heavy atom. The van der Waals surface area contributed by atoms with Gasteiger partial charge in [0.15, 0.2) is 0 Å². The van der Waals surface area contributed by atoms with E-state index in [0.717, 1.165) is 11.1 Å². The number of hydrogen-bond acceptors (Lipinski definition) is 3. The van der Waals surface area contributed by atoms with E-state index in [0.29, 0.717) is 31.6 Å². The summed E-state index contributed by atoms with van der Waals surface area (Å²) in [5.41, 5.74) is 2.43. The van der Waals surface area contributed by atoms with Crippen molar-refractivity contribution in [2.45, 2.75) is 45.7 Å². The first-order valence-electron chi connectivity index (χ1n) is 10.3. The number of benzene rings is 1. The number of pyridine rings is 1. The van der Waals surface area contributed by atoms with E-state index in [-0.39, 0.29) is 35.6 Å². The third kappa shape index (κ3) is 5.55. The topological polar surface area (TPSA) is 74.3 Å². The minimum atomic E-state index is -0.344.